The average Bonchev–Trinajstić information content (AvgIpc) is 3.30. The Morgan fingerprint density at radius 3 is 1.75 bits per heavy atom. The van der Waals surface area contributed by atoms with Gasteiger partial charge < -0.3 is 140 Å². The van der Waals surface area contributed by atoms with Crippen molar-refractivity contribution < 1.29 is 144 Å². The molecule has 0 spiro atoms. The number of carbonyl (C=O) groups is 4. The van der Waals surface area contributed by atoms with Crippen LogP contribution in [0.2, 0.25) is 0 Å². The lowest BCUT2D eigenvalue weighted by atomic mass is 9.88. The van der Waals surface area contributed by atoms with Gasteiger partial charge in [-0.25, -0.2) is 4.79 Å². The molecule has 4 heterocycles. The molecule has 4 saturated heterocycles. The molecule has 68 heavy (non-hydrogen) atoms. The van der Waals surface area contributed by atoms with Crippen LogP contribution in [0.4, 0.5) is 0 Å². The van der Waals surface area contributed by atoms with Crippen LogP contribution in [0.15, 0.2) is 0 Å². The number of aliphatic carboxylic acids is 1. The van der Waals surface area contributed by atoms with Crippen molar-refractivity contribution >= 4 is 24.1 Å². The Morgan fingerprint density at radius 1 is 0.676 bits per heavy atom. The highest BCUT2D eigenvalue weighted by Gasteiger charge is 2.59. The molecule has 4 aliphatic rings. The number of hydrogen-bond donors (Lipinski definition) is 19. The standard InChI is InChI=1S/C37H62N2O29/c1-10(45)38-19-12(47)3-37(36(59)60,68-31(19)22(52)14(49)5-41)61-9-18-25(55)32(28(58)35(64-18)65-29(15(50)6-42)21(51)13(48)4-40)67-33-20(39-11(2)46)30(24(54)17(8-44)62-33)66-34-27(57)26(56)23(53)16(7-43)63-34/h4,12-35,41-44,47-58H,3,5-9H2,1-2H3,(H,38,45)(H,39,46)(H,59,60)/t12-,13-,14+,15+,16+,17+,18+,19+,20+,21+,22+,23-,24+,25-,26-,27+,28+,29+,30+,31+,32-,33-,34-,35-,37+/m0/s1. The summed E-state index contributed by atoms with van der Waals surface area (Å²) in [4.78, 5) is 48.9. The number of carboxylic acids is 1. The topological polar surface area (TPSA) is 510 Å². The fourth-order valence-corrected chi connectivity index (χ4v) is 7.96. The van der Waals surface area contributed by atoms with E-state index in [4.69, 9.17) is 37.9 Å². The largest absolute Gasteiger partial charge is 0.477 e. The molecule has 0 bridgehead atoms. The predicted molar refractivity (Wildman–Crippen MR) is 208 cm³/mol. The Kier molecular flexibility index (Phi) is 21.2. The van der Waals surface area contributed by atoms with Crippen molar-refractivity contribution in [3.63, 3.8) is 0 Å². The van der Waals surface area contributed by atoms with Crippen LogP contribution in [0.1, 0.15) is 20.3 Å². The first-order valence-electron chi connectivity index (χ1n) is 21.0. The van der Waals surface area contributed by atoms with Crippen molar-refractivity contribution in [3.05, 3.63) is 0 Å². The molecule has 31 nitrogen and oxygen atoms in total. The highest BCUT2D eigenvalue weighted by Crippen LogP contribution is 2.37. The van der Waals surface area contributed by atoms with Crippen molar-refractivity contribution in [2.75, 3.05) is 33.0 Å². The molecule has 0 aromatic heterocycles. The number of ether oxygens (including phenoxy) is 8. The Hall–Kier alpha value is -2.88. The molecular weight excluding hydrogens is 936 g/mol. The van der Waals surface area contributed by atoms with Crippen molar-refractivity contribution in [1.29, 1.82) is 0 Å². The predicted octanol–water partition coefficient (Wildman–Crippen LogP) is -12.6. The number of rotatable bonds is 22. The Morgan fingerprint density at radius 2 is 1.21 bits per heavy atom. The lowest BCUT2D eigenvalue weighted by Gasteiger charge is -2.50. The summed E-state index contributed by atoms with van der Waals surface area (Å²) in [6, 6.07) is -3.50. The van der Waals surface area contributed by atoms with E-state index in [1.807, 2.05) is 0 Å². The molecule has 0 aliphatic carbocycles. The Balaban J connectivity index is 1.77. The van der Waals surface area contributed by atoms with Gasteiger partial charge in [0, 0.05) is 20.3 Å². The fraction of sp³-hybridized carbons (Fsp3) is 0.892. The maximum atomic E-state index is 12.9. The molecular formula is C37H62N2O29. The Bertz CT molecular complexity index is 1640. The molecule has 0 aromatic carbocycles. The first-order valence-corrected chi connectivity index (χ1v) is 21.0. The van der Waals surface area contributed by atoms with Crippen molar-refractivity contribution in [1.82, 2.24) is 10.6 Å². The maximum absolute atomic E-state index is 12.9. The van der Waals surface area contributed by atoms with Crippen LogP contribution in [0.3, 0.4) is 0 Å². The zero-order valence-electron chi connectivity index (χ0n) is 36.2. The molecule has 0 radical (unpaired) electrons. The van der Waals surface area contributed by atoms with E-state index in [2.05, 4.69) is 10.6 Å². The summed E-state index contributed by atoms with van der Waals surface area (Å²) in [6.07, 6.45) is -47.6. The summed E-state index contributed by atoms with van der Waals surface area (Å²) in [5, 5.41) is 184. The first-order chi connectivity index (χ1) is 31.9. The summed E-state index contributed by atoms with van der Waals surface area (Å²) in [7, 11) is 0. The van der Waals surface area contributed by atoms with E-state index in [0.717, 1.165) is 13.8 Å². The molecule has 19 N–H and O–H groups in total. The van der Waals surface area contributed by atoms with Gasteiger partial charge in [-0.15, -0.1) is 0 Å². The minimum atomic E-state index is -3.09. The number of carboxylic acid groups (broad SMARTS) is 1. The van der Waals surface area contributed by atoms with Gasteiger partial charge in [-0.1, -0.05) is 0 Å². The molecule has 4 rings (SSSR count). The van der Waals surface area contributed by atoms with Gasteiger partial charge in [-0.05, 0) is 0 Å². The molecule has 25 atom stereocenters. The summed E-state index contributed by atoms with van der Waals surface area (Å²) >= 11 is 0. The maximum Gasteiger partial charge on any atom is 0.364 e. The van der Waals surface area contributed by atoms with Gasteiger partial charge >= 0.3 is 5.97 Å². The number of amides is 2. The molecule has 0 unspecified atom stereocenters. The van der Waals surface area contributed by atoms with Gasteiger partial charge in [0.1, 0.15) is 116 Å². The minimum absolute atomic E-state index is 0.197. The highest BCUT2D eigenvalue weighted by atomic mass is 16.8. The number of carbonyl (C=O) groups excluding carboxylic acids is 3. The molecule has 4 fully saturated rings. The minimum Gasteiger partial charge on any atom is -0.477 e. The van der Waals surface area contributed by atoms with Crippen LogP contribution < -0.4 is 10.6 Å². The lowest BCUT2D eigenvalue weighted by Crippen LogP contribution is -2.70. The summed E-state index contributed by atoms with van der Waals surface area (Å²) in [6.45, 7) is -3.69. The average molecular weight is 999 g/mol. The SMILES string of the molecule is CC(=O)N[C@H]1[C@H](O[C@H]2[C@@H](O)[C@@H](CO[C@]3(C(=O)O)C[C@H](O)[C@@H](NC(C)=O)[C@H]([C@H](O)[C@H](O)CO)O3)O[C@@H](O[C@@H]([C@H](O)[C@@H](O)C=O)[C@H](O)CO)[C@@H]2O)O[C@H](CO)[C@@H](O)[C@@H]1O[C@@H]1O[C@H](CO)[C@H](O)[C@H](O)[C@H]1O. The van der Waals surface area contributed by atoms with Crippen LogP contribution >= 0.6 is 0 Å². The normalized spacial score (nSPS) is 41.6. The summed E-state index contributed by atoms with van der Waals surface area (Å²) in [5.74, 6) is -6.87. The second kappa shape index (κ2) is 25.0. The smallest absolute Gasteiger partial charge is 0.364 e. The van der Waals surface area contributed by atoms with Gasteiger partial charge in [0.05, 0.1) is 45.2 Å². The second-order valence-electron chi connectivity index (χ2n) is 16.5. The number of nitrogens with one attached hydrogen (secondary N) is 2. The van der Waals surface area contributed by atoms with Gasteiger partial charge in [0.25, 0.3) is 5.79 Å². The van der Waals surface area contributed by atoms with E-state index >= 15 is 0 Å². The van der Waals surface area contributed by atoms with Gasteiger partial charge in [-0.2, -0.15) is 0 Å². The van der Waals surface area contributed by atoms with Crippen LogP contribution in [0.5, 0.6) is 0 Å². The number of hydrogen-bond acceptors (Lipinski definition) is 28. The van der Waals surface area contributed by atoms with Crippen molar-refractivity contribution in [3.8, 4) is 0 Å². The van der Waals surface area contributed by atoms with Crippen molar-refractivity contribution in [2.24, 2.45) is 0 Å². The molecule has 2 amide bonds. The number of aldehydes is 1. The van der Waals surface area contributed by atoms with Gasteiger partial charge in [-0.3, -0.25) is 9.59 Å². The first kappa shape index (κ1) is 57.7. The van der Waals surface area contributed by atoms with Crippen molar-refractivity contribution in [2.45, 2.75) is 173 Å². The van der Waals surface area contributed by atoms with E-state index < -0.39 is 210 Å². The second-order valence-corrected chi connectivity index (χ2v) is 16.5. The Labute approximate surface area is 384 Å². The molecule has 394 valence electrons. The van der Waals surface area contributed by atoms with E-state index in [1.54, 1.807) is 0 Å². The molecule has 0 aromatic rings. The lowest BCUT2D eigenvalue weighted by molar-refractivity contribution is -0.377. The van der Waals surface area contributed by atoms with Crippen LogP contribution in [0.25, 0.3) is 0 Å². The van der Waals surface area contributed by atoms with Gasteiger partial charge in [0.15, 0.2) is 25.2 Å². The third-order valence-electron chi connectivity index (χ3n) is 11.6. The zero-order valence-corrected chi connectivity index (χ0v) is 36.2. The molecule has 0 saturated carbocycles. The molecule has 4 aliphatic heterocycles. The monoisotopic (exact) mass is 998 g/mol. The van der Waals surface area contributed by atoms with E-state index in [0.29, 0.717) is 0 Å². The van der Waals surface area contributed by atoms with Crippen LogP contribution in [-0.4, -0.2) is 297 Å². The summed E-state index contributed by atoms with van der Waals surface area (Å²) in [5.41, 5.74) is 0. The van der Waals surface area contributed by atoms with E-state index in [1.165, 1.54) is 0 Å². The third-order valence-corrected chi connectivity index (χ3v) is 11.6. The fourth-order valence-electron chi connectivity index (χ4n) is 7.96. The quantitative estimate of drug-likeness (QED) is 0.0448. The number of aliphatic hydroxyl groups excluding tert-OH is 16. The van der Waals surface area contributed by atoms with Crippen LogP contribution in [0, 0.1) is 0 Å². The van der Waals surface area contributed by atoms with Gasteiger partial charge in [0.2, 0.25) is 11.8 Å². The third kappa shape index (κ3) is 13.0. The number of aliphatic hydroxyl groups is 16. The van der Waals surface area contributed by atoms with E-state index in [-0.39, 0.29) is 6.29 Å². The highest BCUT2D eigenvalue weighted by molar-refractivity contribution is 5.76. The zero-order chi connectivity index (χ0) is 51.1. The van der Waals surface area contributed by atoms with E-state index in [9.17, 15) is 106 Å². The molecule has 31 heteroatoms. The summed E-state index contributed by atoms with van der Waals surface area (Å²) < 4.78 is 45.2. The van der Waals surface area contributed by atoms with Crippen LogP contribution in [-0.2, 0) is 57.1 Å².